The van der Waals surface area contributed by atoms with Crippen LogP contribution in [0, 0.1) is 6.92 Å². The van der Waals surface area contributed by atoms with E-state index in [1.54, 1.807) is 13.4 Å². The molecule has 0 aliphatic rings. The van der Waals surface area contributed by atoms with Crippen LogP contribution in [0.25, 0.3) is 11.5 Å². The molecule has 1 heterocycles. The van der Waals surface area contributed by atoms with Gasteiger partial charge in [-0.2, -0.15) is 0 Å². The lowest BCUT2D eigenvalue weighted by atomic mass is 10.1. The fourth-order valence-corrected chi connectivity index (χ4v) is 2.94. The summed E-state index contributed by atoms with van der Waals surface area (Å²) < 4.78 is 11.0. The van der Waals surface area contributed by atoms with Gasteiger partial charge in [-0.05, 0) is 44.0 Å². The largest absolute Gasteiger partial charge is 0.496 e. The molecule has 0 unspecified atom stereocenters. The number of rotatable bonds is 8. The molecule has 29 heavy (non-hydrogen) atoms. The van der Waals surface area contributed by atoms with Crippen molar-refractivity contribution < 1.29 is 9.15 Å². The molecule has 0 saturated heterocycles. The quantitative estimate of drug-likeness (QED) is 0.449. The van der Waals surface area contributed by atoms with Crippen molar-refractivity contribution in [1.82, 2.24) is 15.6 Å². The molecule has 0 saturated carbocycles. The molecule has 0 amide bonds. The van der Waals surface area contributed by atoms with E-state index in [1.807, 2.05) is 49.4 Å². The van der Waals surface area contributed by atoms with Crippen LogP contribution in [-0.4, -0.2) is 31.1 Å². The SMILES string of the molecule is CCNC(=NCc1coc(-c2ccc(C)cc2)n1)NCCc1ccccc1OC. The van der Waals surface area contributed by atoms with Gasteiger partial charge in [0.2, 0.25) is 5.89 Å². The van der Waals surface area contributed by atoms with Crippen LogP contribution in [-0.2, 0) is 13.0 Å². The van der Waals surface area contributed by atoms with E-state index in [9.17, 15) is 0 Å². The van der Waals surface area contributed by atoms with Crippen LogP contribution >= 0.6 is 0 Å². The molecule has 0 radical (unpaired) electrons. The average Bonchev–Trinajstić information content (AvgIpc) is 3.22. The summed E-state index contributed by atoms with van der Waals surface area (Å²) in [4.78, 5) is 9.17. The number of aromatic nitrogens is 1. The molecule has 2 N–H and O–H groups in total. The Morgan fingerprint density at radius 1 is 1.10 bits per heavy atom. The molecule has 3 aromatic rings. The van der Waals surface area contributed by atoms with Gasteiger partial charge in [0.15, 0.2) is 5.96 Å². The predicted octanol–water partition coefficient (Wildman–Crippen LogP) is 3.96. The van der Waals surface area contributed by atoms with Gasteiger partial charge in [0, 0.05) is 18.7 Å². The highest BCUT2D eigenvalue weighted by Crippen LogP contribution is 2.19. The number of para-hydroxylation sites is 1. The van der Waals surface area contributed by atoms with Gasteiger partial charge in [-0.1, -0.05) is 35.9 Å². The fraction of sp³-hybridized carbons (Fsp3) is 0.304. The Bertz CT molecular complexity index is 932. The second kappa shape index (κ2) is 10.3. The first kappa shape index (κ1) is 20.5. The van der Waals surface area contributed by atoms with Gasteiger partial charge in [-0.25, -0.2) is 9.98 Å². The van der Waals surface area contributed by atoms with Gasteiger partial charge < -0.3 is 19.8 Å². The number of methoxy groups -OCH3 is 1. The van der Waals surface area contributed by atoms with Gasteiger partial charge in [0.25, 0.3) is 0 Å². The van der Waals surface area contributed by atoms with Crippen LogP contribution in [0.2, 0.25) is 0 Å². The molecule has 0 fully saturated rings. The third kappa shape index (κ3) is 5.85. The van der Waals surface area contributed by atoms with Crippen molar-refractivity contribution in [3.05, 3.63) is 71.6 Å². The maximum atomic E-state index is 5.61. The molecule has 0 atom stereocenters. The van der Waals surface area contributed by atoms with Gasteiger partial charge in [0.1, 0.15) is 17.7 Å². The van der Waals surface area contributed by atoms with Gasteiger partial charge in [0.05, 0.1) is 13.7 Å². The molecule has 6 nitrogen and oxygen atoms in total. The van der Waals surface area contributed by atoms with E-state index in [4.69, 9.17) is 9.15 Å². The summed E-state index contributed by atoms with van der Waals surface area (Å²) in [5.41, 5.74) is 4.13. The molecular formula is C23H28N4O2. The second-order valence-electron chi connectivity index (χ2n) is 6.69. The van der Waals surface area contributed by atoms with Crippen LogP contribution in [0.4, 0.5) is 0 Å². The number of nitrogens with one attached hydrogen (secondary N) is 2. The number of ether oxygens (including phenoxy) is 1. The maximum absolute atomic E-state index is 5.61. The first-order valence-corrected chi connectivity index (χ1v) is 9.85. The van der Waals surface area contributed by atoms with E-state index in [2.05, 4.69) is 33.6 Å². The summed E-state index contributed by atoms with van der Waals surface area (Å²) in [7, 11) is 1.70. The minimum Gasteiger partial charge on any atom is -0.496 e. The molecule has 152 valence electrons. The fourth-order valence-electron chi connectivity index (χ4n) is 2.94. The third-order valence-electron chi connectivity index (χ3n) is 4.47. The zero-order chi connectivity index (χ0) is 20.5. The number of hydrogen-bond donors (Lipinski definition) is 2. The summed E-state index contributed by atoms with van der Waals surface area (Å²) in [5, 5.41) is 6.62. The molecule has 6 heteroatoms. The van der Waals surface area contributed by atoms with E-state index >= 15 is 0 Å². The minimum absolute atomic E-state index is 0.444. The first-order chi connectivity index (χ1) is 14.2. The van der Waals surface area contributed by atoms with Crippen LogP contribution in [0.3, 0.4) is 0 Å². The topological polar surface area (TPSA) is 71.7 Å². The molecule has 0 aliphatic carbocycles. The zero-order valence-electron chi connectivity index (χ0n) is 17.2. The monoisotopic (exact) mass is 392 g/mol. The summed E-state index contributed by atoms with van der Waals surface area (Å²) in [6.45, 7) is 6.08. The number of oxazole rings is 1. The number of aryl methyl sites for hydroxylation is 1. The van der Waals surface area contributed by atoms with E-state index < -0.39 is 0 Å². The van der Waals surface area contributed by atoms with Crippen molar-refractivity contribution in [1.29, 1.82) is 0 Å². The Hall–Kier alpha value is -3.28. The third-order valence-corrected chi connectivity index (χ3v) is 4.47. The van der Waals surface area contributed by atoms with E-state index in [0.29, 0.717) is 12.4 Å². The second-order valence-corrected chi connectivity index (χ2v) is 6.69. The van der Waals surface area contributed by atoms with Crippen LogP contribution in [0.15, 0.2) is 64.2 Å². The molecule has 1 aromatic heterocycles. The average molecular weight is 393 g/mol. The van der Waals surface area contributed by atoms with Crippen molar-refractivity contribution in [2.45, 2.75) is 26.8 Å². The Morgan fingerprint density at radius 2 is 1.90 bits per heavy atom. The Labute approximate surface area is 172 Å². The minimum atomic E-state index is 0.444. The van der Waals surface area contributed by atoms with Crippen LogP contribution < -0.4 is 15.4 Å². The van der Waals surface area contributed by atoms with Crippen molar-refractivity contribution in [2.24, 2.45) is 4.99 Å². The number of nitrogens with zero attached hydrogens (tertiary/aromatic N) is 2. The molecule has 0 bridgehead atoms. The van der Waals surface area contributed by atoms with E-state index in [1.165, 1.54) is 5.56 Å². The van der Waals surface area contributed by atoms with Crippen molar-refractivity contribution in [2.75, 3.05) is 20.2 Å². The number of benzene rings is 2. The van der Waals surface area contributed by atoms with Crippen molar-refractivity contribution >= 4 is 5.96 Å². The molecule has 0 spiro atoms. The summed E-state index contributed by atoms with van der Waals surface area (Å²) in [5.74, 6) is 2.27. The summed E-state index contributed by atoms with van der Waals surface area (Å²) in [6.07, 6.45) is 2.51. The standard InChI is InChI=1S/C23H28N4O2/c1-4-24-23(25-14-13-18-7-5-6-8-21(18)28-3)26-15-20-16-29-22(27-20)19-11-9-17(2)10-12-19/h5-12,16H,4,13-15H2,1-3H3,(H2,24,25,26). The lowest BCUT2D eigenvalue weighted by Gasteiger charge is -2.12. The Morgan fingerprint density at radius 3 is 2.66 bits per heavy atom. The number of guanidine groups is 1. The zero-order valence-corrected chi connectivity index (χ0v) is 17.2. The van der Waals surface area contributed by atoms with Gasteiger partial charge in [-0.15, -0.1) is 0 Å². The lowest BCUT2D eigenvalue weighted by molar-refractivity contribution is 0.409. The molecular weight excluding hydrogens is 364 g/mol. The molecule has 3 rings (SSSR count). The van der Waals surface area contributed by atoms with Gasteiger partial charge >= 0.3 is 0 Å². The smallest absolute Gasteiger partial charge is 0.226 e. The number of hydrogen-bond acceptors (Lipinski definition) is 4. The molecule has 2 aromatic carbocycles. The van der Waals surface area contributed by atoms with E-state index in [0.717, 1.165) is 48.0 Å². The van der Waals surface area contributed by atoms with Crippen LogP contribution in [0.1, 0.15) is 23.7 Å². The lowest BCUT2D eigenvalue weighted by Crippen LogP contribution is -2.38. The highest BCUT2D eigenvalue weighted by molar-refractivity contribution is 5.79. The Balaban J connectivity index is 1.58. The summed E-state index contributed by atoms with van der Waals surface area (Å²) in [6, 6.07) is 16.2. The first-order valence-electron chi connectivity index (χ1n) is 9.85. The summed E-state index contributed by atoms with van der Waals surface area (Å²) >= 11 is 0. The van der Waals surface area contributed by atoms with Crippen molar-refractivity contribution in [3.63, 3.8) is 0 Å². The van der Waals surface area contributed by atoms with Gasteiger partial charge in [-0.3, -0.25) is 0 Å². The highest BCUT2D eigenvalue weighted by Gasteiger charge is 2.07. The molecule has 0 aliphatic heterocycles. The normalized spacial score (nSPS) is 11.3. The van der Waals surface area contributed by atoms with E-state index in [-0.39, 0.29) is 0 Å². The Kier molecular flexibility index (Phi) is 7.28. The van der Waals surface area contributed by atoms with Crippen LogP contribution in [0.5, 0.6) is 5.75 Å². The van der Waals surface area contributed by atoms with Crippen molar-refractivity contribution in [3.8, 4) is 17.2 Å². The number of aliphatic imine (C=N–C) groups is 1. The predicted molar refractivity (Wildman–Crippen MR) is 116 cm³/mol. The maximum Gasteiger partial charge on any atom is 0.226 e. The highest BCUT2D eigenvalue weighted by atomic mass is 16.5.